The molecule has 1 heteroatoms. The van der Waals surface area contributed by atoms with Crippen LogP contribution < -0.4 is 0 Å². The zero-order valence-electron chi connectivity index (χ0n) is 2.72. The number of hydrogen-bond donors (Lipinski definition) is 0. The Labute approximate surface area is 37.4 Å². The molecule has 0 radical (unpaired) electrons. The summed E-state index contributed by atoms with van der Waals surface area (Å²) in [7, 11) is 0. The van der Waals surface area contributed by atoms with E-state index < -0.39 is 0 Å². The second-order valence-corrected chi connectivity index (χ2v) is 4.31. The van der Waals surface area contributed by atoms with E-state index in [0.29, 0.717) is 0 Å². The fraction of sp³-hybridized carbons (Fsp3) is 0.500. The van der Waals surface area contributed by atoms with Gasteiger partial charge in [-0.1, -0.05) is 0 Å². The Morgan fingerprint density at radius 3 is 1.80 bits per heavy atom. The zero-order valence-corrected chi connectivity index (χ0v) is 4.43. The molecule has 1 saturated heterocycles. The minimum atomic E-state index is 1.04. The molecule has 0 N–H and O–H groups in total. The first-order chi connectivity index (χ1) is 2.47. The quantitative estimate of drug-likeness (QED) is 0.337. The molecule has 2 rings (SSSR count). The number of fused-ring (bicyclic) bond motifs is 1. The van der Waals surface area contributed by atoms with Crippen LogP contribution in [0.15, 0.2) is 12.2 Å². The fourth-order valence-corrected chi connectivity index (χ4v) is 2.23. The molecule has 0 aromatic heterocycles. The molecule has 1 aliphatic carbocycles. The van der Waals surface area contributed by atoms with E-state index in [1.807, 2.05) is 0 Å². The first-order valence-corrected chi connectivity index (χ1v) is 3.78. The van der Waals surface area contributed by atoms with Crippen molar-refractivity contribution in [1.29, 1.82) is 0 Å². The molecule has 2 aliphatic rings. The molecule has 0 bridgehead atoms. The van der Waals surface area contributed by atoms with Crippen molar-refractivity contribution >= 4 is 15.0 Å². The summed E-state index contributed by atoms with van der Waals surface area (Å²) in [5, 5.41) is 0. The van der Waals surface area contributed by atoms with E-state index in [2.05, 4.69) is 12.2 Å². The van der Waals surface area contributed by atoms with E-state index in [-0.39, 0.29) is 0 Å². The van der Waals surface area contributed by atoms with Crippen molar-refractivity contribution in [2.75, 3.05) is 0 Å². The summed E-state index contributed by atoms with van der Waals surface area (Å²) in [5.74, 6) is 0. The molecule has 0 aromatic carbocycles. The molecular formula is C4H4Se. The second kappa shape index (κ2) is 0.528. The molecule has 0 spiro atoms. The molecule has 0 amide bonds. The molecule has 0 aromatic rings. The Kier molecular flexibility index (Phi) is 0.257. The summed E-state index contributed by atoms with van der Waals surface area (Å²) in [6, 6.07) is 0. The summed E-state index contributed by atoms with van der Waals surface area (Å²) < 4.78 is 0. The van der Waals surface area contributed by atoms with Crippen LogP contribution in [0.2, 0.25) is 9.63 Å². The molecule has 2 atom stereocenters. The fourth-order valence-electron chi connectivity index (χ4n) is 0.519. The van der Waals surface area contributed by atoms with E-state index in [9.17, 15) is 0 Å². The van der Waals surface area contributed by atoms with Crippen molar-refractivity contribution in [2.45, 2.75) is 9.63 Å². The van der Waals surface area contributed by atoms with Crippen LogP contribution in [-0.2, 0) is 0 Å². The van der Waals surface area contributed by atoms with Crippen LogP contribution >= 0.6 is 0 Å². The SMILES string of the molecule is C1=CC2[Se]C12. The molecule has 2 unspecified atom stereocenters. The van der Waals surface area contributed by atoms with Gasteiger partial charge in [-0.3, -0.25) is 0 Å². The monoisotopic (exact) mass is 132 g/mol. The Balaban J connectivity index is 2.46. The van der Waals surface area contributed by atoms with Gasteiger partial charge in [-0.25, -0.2) is 0 Å². The van der Waals surface area contributed by atoms with Crippen molar-refractivity contribution in [1.82, 2.24) is 0 Å². The van der Waals surface area contributed by atoms with Crippen molar-refractivity contribution in [3.05, 3.63) is 12.2 Å². The summed E-state index contributed by atoms with van der Waals surface area (Å²) in [6.07, 6.45) is 4.65. The number of allylic oxidation sites excluding steroid dienone is 2. The molecule has 1 heterocycles. The normalized spacial score (nSPS) is 54.4. The number of hydrogen-bond acceptors (Lipinski definition) is 0. The summed E-state index contributed by atoms with van der Waals surface area (Å²) in [4.78, 5) is 2.23. The van der Waals surface area contributed by atoms with Crippen molar-refractivity contribution in [3.63, 3.8) is 0 Å². The van der Waals surface area contributed by atoms with Crippen LogP contribution in [0.25, 0.3) is 0 Å². The van der Waals surface area contributed by atoms with Crippen LogP contribution in [-0.4, -0.2) is 15.0 Å². The second-order valence-electron chi connectivity index (χ2n) is 1.45. The predicted molar refractivity (Wildman–Crippen MR) is 22.4 cm³/mol. The maximum atomic E-state index is 2.32. The van der Waals surface area contributed by atoms with E-state index in [1.165, 1.54) is 0 Å². The maximum absolute atomic E-state index is 2.32. The van der Waals surface area contributed by atoms with Gasteiger partial charge in [0.15, 0.2) is 0 Å². The Morgan fingerprint density at radius 1 is 1.20 bits per heavy atom. The number of rotatable bonds is 0. The third-order valence-corrected chi connectivity index (χ3v) is 3.60. The van der Waals surface area contributed by atoms with Gasteiger partial charge < -0.3 is 0 Å². The predicted octanol–water partition coefficient (Wildman–Crippen LogP) is 0.851. The van der Waals surface area contributed by atoms with E-state index in [4.69, 9.17) is 0 Å². The zero-order chi connectivity index (χ0) is 3.28. The van der Waals surface area contributed by atoms with Crippen molar-refractivity contribution in [2.24, 2.45) is 0 Å². The van der Waals surface area contributed by atoms with Crippen LogP contribution in [0.3, 0.4) is 0 Å². The Morgan fingerprint density at radius 2 is 1.80 bits per heavy atom. The molecule has 1 fully saturated rings. The van der Waals surface area contributed by atoms with E-state index in [0.717, 1.165) is 24.6 Å². The van der Waals surface area contributed by atoms with Gasteiger partial charge in [0.1, 0.15) is 0 Å². The molecular weight excluding hydrogens is 127 g/mol. The van der Waals surface area contributed by atoms with Gasteiger partial charge in [0.25, 0.3) is 0 Å². The van der Waals surface area contributed by atoms with Gasteiger partial charge in [0.2, 0.25) is 0 Å². The van der Waals surface area contributed by atoms with Gasteiger partial charge in [-0.15, -0.1) is 0 Å². The van der Waals surface area contributed by atoms with Crippen molar-refractivity contribution < 1.29 is 0 Å². The first-order valence-electron chi connectivity index (χ1n) is 1.80. The molecule has 1 aliphatic heterocycles. The van der Waals surface area contributed by atoms with Gasteiger partial charge in [-0.05, 0) is 0 Å². The molecule has 5 heavy (non-hydrogen) atoms. The summed E-state index contributed by atoms with van der Waals surface area (Å²) in [5.41, 5.74) is 0. The molecule has 0 nitrogen and oxygen atoms in total. The Hall–Kier alpha value is 0.259. The van der Waals surface area contributed by atoms with Crippen LogP contribution in [0, 0.1) is 0 Å². The summed E-state index contributed by atoms with van der Waals surface area (Å²) >= 11 is 1.04. The van der Waals surface area contributed by atoms with Gasteiger partial charge in [0, 0.05) is 0 Å². The first kappa shape index (κ1) is 2.44. The standard InChI is InChI=1S/C4H4Se/c1-2-4-3(1)5-4/h1-4H. The van der Waals surface area contributed by atoms with E-state index >= 15 is 0 Å². The molecule has 26 valence electrons. The minimum absolute atomic E-state index is 1.04. The van der Waals surface area contributed by atoms with Crippen LogP contribution in [0.4, 0.5) is 0 Å². The third kappa shape index (κ3) is 0.172. The Bertz CT molecular complexity index is 75.6. The van der Waals surface area contributed by atoms with E-state index in [1.54, 1.807) is 0 Å². The van der Waals surface area contributed by atoms with Crippen LogP contribution in [0.5, 0.6) is 0 Å². The van der Waals surface area contributed by atoms with Gasteiger partial charge in [-0.2, -0.15) is 0 Å². The third-order valence-electron chi connectivity index (χ3n) is 1.05. The average Bonchev–Trinajstić information content (AvgIpc) is 1.74. The average molecular weight is 131 g/mol. The topological polar surface area (TPSA) is 0 Å². The van der Waals surface area contributed by atoms with Crippen molar-refractivity contribution in [3.8, 4) is 0 Å². The van der Waals surface area contributed by atoms with Gasteiger partial charge >= 0.3 is 36.7 Å². The van der Waals surface area contributed by atoms with Gasteiger partial charge in [0.05, 0.1) is 0 Å². The van der Waals surface area contributed by atoms with Crippen LogP contribution in [0.1, 0.15) is 0 Å². The summed E-state index contributed by atoms with van der Waals surface area (Å²) in [6.45, 7) is 0. The molecule has 0 saturated carbocycles.